The molecule has 0 aliphatic heterocycles. The summed E-state index contributed by atoms with van der Waals surface area (Å²) in [5.74, 6) is -0.451. The normalized spacial score (nSPS) is 10.2. The molecule has 0 heterocycles. The Labute approximate surface area is 122 Å². The summed E-state index contributed by atoms with van der Waals surface area (Å²) >= 11 is 0. The Hall–Kier alpha value is -2.56. The van der Waals surface area contributed by atoms with Crippen molar-refractivity contribution in [3.8, 4) is 5.75 Å². The third kappa shape index (κ3) is 3.72. The molecular formula is C16H16FNO3. The molecule has 110 valence electrons. The molecule has 2 rings (SSSR count). The summed E-state index contributed by atoms with van der Waals surface area (Å²) in [5, 5.41) is 0. The summed E-state index contributed by atoms with van der Waals surface area (Å²) in [6.45, 7) is 2.20. The van der Waals surface area contributed by atoms with Crippen LogP contribution in [0.1, 0.15) is 22.8 Å². The van der Waals surface area contributed by atoms with Gasteiger partial charge in [0.25, 0.3) is 0 Å². The molecule has 0 fully saturated rings. The van der Waals surface area contributed by atoms with Crippen molar-refractivity contribution in [1.29, 1.82) is 0 Å². The molecule has 0 amide bonds. The van der Waals surface area contributed by atoms with E-state index in [0.717, 1.165) is 0 Å². The summed E-state index contributed by atoms with van der Waals surface area (Å²) in [6.07, 6.45) is 0. The Morgan fingerprint density at radius 2 is 2.00 bits per heavy atom. The van der Waals surface area contributed by atoms with E-state index in [9.17, 15) is 9.18 Å². The highest BCUT2D eigenvalue weighted by molar-refractivity contribution is 5.91. The van der Waals surface area contributed by atoms with Crippen LogP contribution in [0.3, 0.4) is 0 Å². The largest absolute Gasteiger partial charge is 0.492 e. The summed E-state index contributed by atoms with van der Waals surface area (Å²) < 4.78 is 23.8. The first-order valence-electron chi connectivity index (χ1n) is 6.54. The zero-order valence-electron chi connectivity index (χ0n) is 11.6. The molecule has 0 aliphatic rings. The Balaban J connectivity index is 2.04. The highest BCUT2D eigenvalue weighted by Gasteiger charge is 2.11. The summed E-state index contributed by atoms with van der Waals surface area (Å²) in [5.41, 5.74) is 6.76. The van der Waals surface area contributed by atoms with Gasteiger partial charge in [0.1, 0.15) is 18.2 Å². The van der Waals surface area contributed by atoms with Crippen LogP contribution >= 0.6 is 0 Å². The van der Waals surface area contributed by atoms with Crippen LogP contribution in [-0.2, 0) is 11.3 Å². The van der Waals surface area contributed by atoms with E-state index in [1.807, 2.05) is 6.92 Å². The van der Waals surface area contributed by atoms with Crippen LogP contribution < -0.4 is 10.5 Å². The number of anilines is 1. The van der Waals surface area contributed by atoms with Crippen LogP contribution in [0, 0.1) is 5.82 Å². The van der Waals surface area contributed by atoms with E-state index in [4.69, 9.17) is 15.2 Å². The van der Waals surface area contributed by atoms with Crippen molar-refractivity contribution in [3.63, 3.8) is 0 Å². The number of nitrogens with two attached hydrogens (primary N) is 1. The lowest BCUT2D eigenvalue weighted by Gasteiger charge is -2.09. The molecule has 0 spiro atoms. The number of hydrogen-bond donors (Lipinski definition) is 1. The quantitative estimate of drug-likeness (QED) is 0.678. The second-order valence-electron chi connectivity index (χ2n) is 4.35. The number of rotatable bonds is 5. The fraction of sp³-hybridized carbons (Fsp3) is 0.188. The molecule has 0 saturated heterocycles. The third-order valence-electron chi connectivity index (χ3n) is 2.86. The monoisotopic (exact) mass is 289 g/mol. The van der Waals surface area contributed by atoms with Gasteiger partial charge in [-0.3, -0.25) is 0 Å². The Bertz CT molecular complexity index is 643. The van der Waals surface area contributed by atoms with Crippen molar-refractivity contribution in [3.05, 3.63) is 59.4 Å². The van der Waals surface area contributed by atoms with E-state index < -0.39 is 11.8 Å². The maximum Gasteiger partial charge on any atom is 0.338 e. The van der Waals surface area contributed by atoms with Crippen LogP contribution in [0.2, 0.25) is 0 Å². The summed E-state index contributed by atoms with van der Waals surface area (Å²) in [6, 6.07) is 10.8. The van der Waals surface area contributed by atoms with Crippen molar-refractivity contribution >= 4 is 11.7 Å². The molecule has 2 aromatic rings. The molecule has 2 N–H and O–H groups in total. The van der Waals surface area contributed by atoms with Crippen molar-refractivity contribution in [2.24, 2.45) is 0 Å². The van der Waals surface area contributed by atoms with Gasteiger partial charge in [0.2, 0.25) is 0 Å². The topological polar surface area (TPSA) is 61.5 Å². The summed E-state index contributed by atoms with van der Waals surface area (Å²) in [4.78, 5) is 11.9. The fourth-order valence-electron chi connectivity index (χ4n) is 1.80. The van der Waals surface area contributed by atoms with E-state index in [1.54, 1.807) is 30.3 Å². The molecule has 0 unspecified atom stereocenters. The van der Waals surface area contributed by atoms with E-state index >= 15 is 0 Å². The Morgan fingerprint density at radius 3 is 2.67 bits per heavy atom. The van der Waals surface area contributed by atoms with Gasteiger partial charge >= 0.3 is 5.97 Å². The van der Waals surface area contributed by atoms with Crippen molar-refractivity contribution in [2.75, 3.05) is 12.3 Å². The second kappa shape index (κ2) is 6.74. The van der Waals surface area contributed by atoms with Crippen LogP contribution in [-0.4, -0.2) is 12.6 Å². The molecule has 0 aromatic heterocycles. The minimum atomic E-state index is -0.562. The first kappa shape index (κ1) is 14.8. The minimum absolute atomic E-state index is 0.126. The molecule has 0 radical (unpaired) electrons. The van der Waals surface area contributed by atoms with Gasteiger partial charge in [-0.2, -0.15) is 0 Å². The molecule has 2 aromatic carbocycles. The van der Waals surface area contributed by atoms with E-state index in [1.165, 1.54) is 12.1 Å². The average Bonchev–Trinajstić information content (AvgIpc) is 2.48. The number of halogens is 1. The van der Waals surface area contributed by atoms with Crippen LogP contribution in [0.5, 0.6) is 5.75 Å². The van der Waals surface area contributed by atoms with Crippen molar-refractivity contribution < 1.29 is 18.7 Å². The lowest BCUT2D eigenvalue weighted by Crippen LogP contribution is -2.07. The van der Waals surface area contributed by atoms with E-state index in [-0.39, 0.29) is 6.61 Å². The maximum absolute atomic E-state index is 13.4. The number of ether oxygens (including phenoxy) is 2. The first-order chi connectivity index (χ1) is 10.1. The third-order valence-corrected chi connectivity index (χ3v) is 2.86. The highest BCUT2D eigenvalue weighted by atomic mass is 19.1. The van der Waals surface area contributed by atoms with Gasteiger partial charge in [-0.1, -0.05) is 18.2 Å². The summed E-state index contributed by atoms with van der Waals surface area (Å²) in [7, 11) is 0. The Kier molecular flexibility index (Phi) is 4.77. The predicted molar refractivity (Wildman–Crippen MR) is 77.5 cm³/mol. The van der Waals surface area contributed by atoms with Crippen LogP contribution in [0.25, 0.3) is 0 Å². The number of esters is 1. The molecular weight excluding hydrogens is 273 g/mol. The van der Waals surface area contributed by atoms with Crippen LogP contribution in [0.15, 0.2) is 42.5 Å². The van der Waals surface area contributed by atoms with Gasteiger partial charge in [0.05, 0.1) is 17.9 Å². The number of carbonyl (C=O) groups is 1. The zero-order chi connectivity index (χ0) is 15.2. The van der Waals surface area contributed by atoms with Crippen LogP contribution in [0.4, 0.5) is 10.1 Å². The molecule has 0 bridgehead atoms. The smallest absolute Gasteiger partial charge is 0.338 e. The van der Waals surface area contributed by atoms with Gasteiger partial charge in [-0.05, 0) is 31.2 Å². The van der Waals surface area contributed by atoms with Gasteiger partial charge < -0.3 is 15.2 Å². The first-order valence-corrected chi connectivity index (χ1v) is 6.54. The second-order valence-corrected chi connectivity index (χ2v) is 4.35. The average molecular weight is 289 g/mol. The number of benzene rings is 2. The SMILES string of the molecule is CCOc1ccc(C(=O)OCc2ccccc2F)cc1N. The molecule has 0 atom stereocenters. The molecule has 5 heteroatoms. The lowest BCUT2D eigenvalue weighted by molar-refractivity contribution is 0.0469. The van der Waals surface area contributed by atoms with Gasteiger partial charge in [-0.15, -0.1) is 0 Å². The minimum Gasteiger partial charge on any atom is -0.492 e. The number of hydrogen-bond acceptors (Lipinski definition) is 4. The lowest BCUT2D eigenvalue weighted by atomic mass is 10.2. The maximum atomic E-state index is 13.4. The molecule has 0 saturated carbocycles. The molecule has 0 aliphatic carbocycles. The predicted octanol–water partition coefficient (Wildman–Crippen LogP) is 3.16. The van der Waals surface area contributed by atoms with Crippen molar-refractivity contribution in [1.82, 2.24) is 0 Å². The number of carbonyl (C=O) groups excluding carboxylic acids is 1. The Morgan fingerprint density at radius 1 is 1.24 bits per heavy atom. The van der Waals surface area contributed by atoms with Gasteiger partial charge in [0.15, 0.2) is 0 Å². The molecule has 4 nitrogen and oxygen atoms in total. The van der Waals surface area contributed by atoms with Crippen molar-refractivity contribution in [2.45, 2.75) is 13.5 Å². The fourth-order valence-corrected chi connectivity index (χ4v) is 1.80. The number of nitrogen functional groups attached to an aromatic ring is 1. The molecule has 21 heavy (non-hydrogen) atoms. The van der Waals surface area contributed by atoms with Gasteiger partial charge in [0, 0.05) is 5.56 Å². The zero-order valence-corrected chi connectivity index (χ0v) is 11.6. The van der Waals surface area contributed by atoms with E-state index in [2.05, 4.69) is 0 Å². The standard InChI is InChI=1S/C16H16FNO3/c1-2-20-15-8-7-11(9-14(15)18)16(19)21-10-12-5-3-4-6-13(12)17/h3-9H,2,10,18H2,1H3. The van der Waals surface area contributed by atoms with E-state index in [0.29, 0.717) is 29.2 Å². The highest BCUT2D eigenvalue weighted by Crippen LogP contribution is 2.23. The van der Waals surface area contributed by atoms with Gasteiger partial charge in [-0.25, -0.2) is 9.18 Å².